The maximum absolute atomic E-state index is 12.3. The molecule has 5 nitrogen and oxygen atoms in total. The van der Waals surface area contributed by atoms with E-state index in [2.05, 4.69) is 10.1 Å². The van der Waals surface area contributed by atoms with Crippen LogP contribution in [0.4, 0.5) is 0 Å². The molecule has 6 heteroatoms. The fourth-order valence-corrected chi connectivity index (χ4v) is 2.96. The molecule has 0 saturated carbocycles. The standard InChI is InChI=1S/C22H16ClN3O2/c23-20-9-7-17(8-10-20)22(27)28-25-21(14-26-12-11-24-15-26)19-6-5-16-3-1-2-4-18(16)13-19/h1-13,15H,14H2/b25-21+. The lowest BCUT2D eigenvalue weighted by Gasteiger charge is -2.09. The number of hydrogen-bond donors (Lipinski definition) is 0. The molecule has 28 heavy (non-hydrogen) atoms. The van der Waals surface area contributed by atoms with Gasteiger partial charge in [-0.15, -0.1) is 0 Å². The van der Waals surface area contributed by atoms with Gasteiger partial charge in [0.05, 0.1) is 18.4 Å². The van der Waals surface area contributed by atoms with Crippen molar-refractivity contribution < 1.29 is 9.63 Å². The van der Waals surface area contributed by atoms with Crippen LogP contribution in [0.25, 0.3) is 10.8 Å². The highest BCUT2D eigenvalue weighted by Gasteiger charge is 2.11. The third-order valence-electron chi connectivity index (χ3n) is 4.29. The lowest BCUT2D eigenvalue weighted by Crippen LogP contribution is -2.13. The minimum Gasteiger partial charge on any atom is -0.331 e. The topological polar surface area (TPSA) is 56.5 Å². The summed E-state index contributed by atoms with van der Waals surface area (Å²) in [6.45, 7) is 0.423. The van der Waals surface area contributed by atoms with Crippen molar-refractivity contribution in [1.82, 2.24) is 9.55 Å². The number of benzene rings is 3. The monoisotopic (exact) mass is 389 g/mol. The van der Waals surface area contributed by atoms with Crippen LogP contribution >= 0.6 is 11.6 Å². The lowest BCUT2D eigenvalue weighted by molar-refractivity contribution is 0.0515. The Bertz CT molecular complexity index is 1140. The summed E-state index contributed by atoms with van der Waals surface area (Å²) in [4.78, 5) is 21.6. The molecule has 0 fully saturated rings. The molecule has 1 aromatic heterocycles. The molecule has 138 valence electrons. The Kier molecular flexibility index (Phi) is 5.17. The van der Waals surface area contributed by atoms with Crippen molar-refractivity contribution in [3.63, 3.8) is 0 Å². The van der Waals surface area contributed by atoms with Gasteiger partial charge >= 0.3 is 5.97 Å². The predicted octanol–water partition coefficient (Wildman–Crippen LogP) is 4.95. The van der Waals surface area contributed by atoms with Gasteiger partial charge in [0.25, 0.3) is 0 Å². The first kappa shape index (κ1) is 17.9. The van der Waals surface area contributed by atoms with Crippen LogP contribution in [-0.2, 0) is 11.4 Å². The third kappa shape index (κ3) is 4.10. The first-order valence-electron chi connectivity index (χ1n) is 8.68. The van der Waals surface area contributed by atoms with Crippen molar-refractivity contribution in [3.05, 3.63) is 102 Å². The van der Waals surface area contributed by atoms with Gasteiger partial charge in [-0.2, -0.15) is 0 Å². The van der Waals surface area contributed by atoms with Crippen LogP contribution in [0.3, 0.4) is 0 Å². The zero-order chi connectivity index (χ0) is 19.3. The molecule has 4 aromatic rings. The molecule has 0 spiro atoms. The van der Waals surface area contributed by atoms with Crippen LogP contribution in [-0.4, -0.2) is 21.2 Å². The maximum atomic E-state index is 12.3. The molecule has 0 radical (unpaired) electrons. The number of oxime groups is 1. The average Bonchev–Trinajstić information content (AvgIpc) is 3.24. The Morgan fingerprint density at radius 2 is 1.75 bits per heavy atom. The molecular weight excluding hydrogens is 374 g/mol. The normalized spacial score (nSPS) is 11.5. The van der Waals surface area contributed by atoms with Crippen molar-refractivity contribution in [2.75, 3.05) is 0 Å². The quantitative estimate of drug-likeness (QED) is 0.275. The van der Waals surface area contributed by atoms with Crippen molar-refractivity contribution in [2.24, 2.45) is 5.16 Å². The van der Waals surface area contributed by atoms with E-state index in [4.69, 9.17) is 16.4 Å². The molecule has 0 amide bonds. The summed E-state index contributed by atoms with van der Waals surface area (Å²) in [5.41, 5.74) is 1.87. The van der Waals surface area contributed by atoms with Crippen LogP contribution in [0.15, 0.2) is 90.6 Å². The lowest BCUT2D eigenvalue weighted by atomic mass is 10.0. The van der Waals surface area contributed by atoms with Gasteiger partial charge in [0.15, 0.2) is 0 Å². The van der Waals surface area contributed by atoms with Crippen LogP contribution in [0.1, 0.15) is 15.9 Å². The molecule has 0 bridgehead atoms. The smallest absolute Gasteiger partial charge is 0.331 e. The number of halogens is 1. The highest BCUT2D eigenvalue weighted by atomic mass is 35.5. The Morgan fingerprint density at radius 1 is 1.00 bits per heavy atom. The number of nitrogens with zero attached hydrogens (tertiary/aromatic N) is 3. The number of rotatable bonds is 5. The van der Waals surface area contributed by atoms with Crippen molar-refractivity contribution in [2.45, 2.75) is 6.54 Å². The Balaban J connectivity index is 1.64. The largest absolute Gasteiger partial charge is 0.365 e. The van der Waals surface area contributed by atoms with E-state index in [1.165, 1.54) is 0 Å². The Morgan fingerprint density at radius 3 is 2.50 bits per heavy atom. The molecule has 0 atom stereocenters. The van der Waals surface area contributed by atoms with Gasteiger partial charge in [0, 0.05) is 23.0 Å². The van der Waals surface area contributed by atoms with Gasteiger partial charge in [0.1, 0.15) is 5.71 Å². The van der Waals surface area contributed by atoms with Gasteiger partial charge in [0.2, 0.25) is 0 Å². The van der Waals surface area contributed by atoms with E-state index >= 15 is 0 Å². The summed E-state index contributed by atoms with van der Waals surface area (Å²) in [6, 6.07) is 20.6. The van der Waals surface area contributed by atoms with Gasteiger partial charge in [-0.1, -0.05) is 53.2 Å². The molecule has 4 rings (SSSR count). The summed E-state index contributed by atoms with van der Waals surface area (Å²) >= 11 is 5.86. The maximum Gasteiger partial charge on any atom is 0.365 e. The predicted molar refractivity (Wildman–Crippen MR) is 110 cm³/mol. The van der Waals surface area contributed by atoms with E-state index in [1.54, 1.807) is 36.8 Å². The average molecular weight is 390 g/mol. The molecule has 3 aromatic carbocycles. The zero-order valence-electron chi connectivity index (χ0n) is 14.8. The van der Waals surface area contributed by atoms with E-state index in [-0.39, 0.29) is 0 Å². The summed E-state index contributed by atoms with van der Waals surface area (Å²) in [5, 5.41) is 6.93. The van der Waals surface area contributed by atoms with Crippen LogP contribution in [0.2, 0.25) is 5.02 Å². The second-order valence-electron chi connectivity index (χ2n) is 6.22. The molecule has 0 aliphatic rings. The van der Waals surface area contributed by atoms with Gasteiger partial charge in [-0.25, -0.2) is 9.78 Å². The second kappa shape index (κ2) is 8.06. The highest BCUT2D eigenvalue weighted by Crippen LogP contribution is 2.17. The van der Waals surface area contributed by atoms with Crippen LogP contribution in [0, 0.1) is 0 Å². The number of aromatic nitrogens is 2. The number of carbonyl (C=O) groups excluding carboxylic acids is 1. The number of hydrogen-bond acceptors (Lipinski definition) is 4. The summed E-state index contributed by atoms with van der Waals surface area (Å²) in [6.07, 6.45) is 5.22. The van der Waals surface area contributed by atoms with E-state index in [1.807, 2.05) is 53.2 Å². The summed E-state index contributed by atoms with van der Waals surface area (Å²) < 4.78 is 1.87. The number of imidazole rings is 1. The van der Waals surface area contributed by atoms with E-state index in [9.17, 15) is 4.79 Å². The van der Waals surface area contributed by atoms with Crippen LogP contribution < -0.4 is 0 Å². The minimum absolute atomic E-state index is 0.383. The first-order chi connectivity index (χ1) is 13.7. The van der Waals surface area contributed by atoms with Crippen molar-refractivity contribution in [1.29, 1.82) is 0 Å². The summed E-state index contributed by atoms with van der Waals surface area (Å²) in [7, 11) is 0. The van der Waals surface area contributed by atoms with Crippen LogP contribution in [0.5, 0.6) is 0 Å². The van der Waals surface area contributed by atoms with Crippen molar-refractivity contribution in [3.8, 4) is 0 Å². The van der Waals surface area contributed by atoms with Gasteiger partial charge in [-0.05, 0) is 41.1 Å². The van der Waals surface area contributed by atoms with E-state index in [0.29, 0.717) is 22.8 Å². The minimum atomic E-state index is -0.541. The summed E-state index contributed by atoms with van der Waals surface area (Å²) in [5.74, 6) is -0.541. The van der Waals surface area contributed by atoms with E-state index in [0.717, 1.165) is 16.3 Å². The molecule has 0 aliphatic heterocycles. The first-order valence-corrected chi connectivity index (χ1v) is 9.05. The molecular formula is C22H16ClN3O2. The molecule has 1 heterocycles. The Labute approximate surface area is 166 Å². The van der Waals surface area contributed by atoms with Gasteiger partial charge in [-0.3, -0.25) is 0 Å². The van der Waals surface area contributed by atoms with E-state index < -0.39 is 5.97 Å². The highest BCUT2D eigenvalue weighted by molar-refractivity contribution is 6.30. The molecule has 0 aliphatic carbocycles. The molecule has 0 unspecified atom stereocenters. The SMILES string of the molecule is O=C(O/N=C(\Cn1ccnc1)c1ccc2ccccc2c1)c1ccc(Cl)cc1. The van der Waals surface area contributed by atoms with Gasteiger partial charge < -0.3 is 9.40 Å². The fraction of sp³-hybridized carbons (Fsp3) is 0.0455. The molecule has 0 N–H and O–H groups in total. The number of fused-ring (bicyclic) bond motifs is 1. The second-order valence-corrected chi connectivity index (χ2v) is 6.66. The zero-order valence-corrected chi connectivity index (χ0v) is 15.6. The molecule has 0 saturated heterocycles. The fourth-order valence-electron chi connectivity index (χ4n) is 2.83. The third-order valence-corrected chi connectivity index (χ3v) is 4.54. The number of carbonyl (C=O) groups is 1. The Hall–Kier alpha value is -3.44. The van der Waals surface area contributed by atoms with Crippen molar-refractivity contribution >= 4 is 34.1 Å².